The van der Waals surface area contributed by atoms with Crippen molar-refractivity contribution in [2.24, 2.45) is 0 Å². The highest BCUT2D eigenvalue weighted by molar-refractivity contribution is 5.89. The van der Waals surface area contributed by atoms with Gasteiger partial charge < -0.3 is 9.47 Å². The molecule has 0 atom stereocenters. The second kappa shape index (κ2) is 5.79. The van der Waals surface area contributed by atoms with E-state index >= 15 is 0 Å². The van der Waals surface area contributed by atoms with Crippen LogP contribution in [-0.4, -0.2) is 7.11 Å². The Morgan fingerprint density at radius 2 is 1.77 bits per heavy atom. The van der Waals surface area contributed by atoms with Gasteiger partial charge in [0.05, 0.1) is 18.7 Å². The summed E-state index contributed by atoms with van der Waals surface area (Å²) in [5, 5.41) is 10.9. The first-order valence-electron chi connectivity index (χ1n) is 6.96. The van der Waals surface area contributed by atoms with Crippen molar-refractivity contribution in [3.63, 3.8) is 0 Å². The molecule has 0 fully saturated rings. The first kappa shape index (κ1) is 14.0. The van der Waals surface area contributed by atoms with E-state index in [1.807, 2.05) is 55.5 Å². The SMILES string of the molecule is COc1cc(C)ccc1Oc1cccc2cc(C#N)ccc12. The third-order valence-electron chi connectivity index (χ3n) is 3.51. The lowest BCUT2D eigenvalue weighted by molar-refractivity contribution is 0.380. The van der Waals surface area contributed by atoms with Crippen LogP contribution in [0.1, 0.15) is 11.1 Å². The van der Waals surface area contributed by atoms with Crippen molar-refractivity contribution in [3.8, 4) is 23.3 Å². The van der Waals surface area contributed by atoms with E-state index in [0.717, 1.165) is 22.1 Å². The number of nitriles is 1. The van der Waals surface area contributed by atoms with Crippen molar-refractivity contribution in [2.75, 3.05) is 7.11 Å². The Balaban J connectivity index is 2.06. The van der Waals surface area contributed by atoms with Crippen LogP contribution in [0.15, 0.2) is 54.6 Å². The molecule has 0 saturated heterocycles. The van der Waals surface area contributed by atoms with Gasteiger partial charge in [-0.05, 0) is 54.3 Å². The molecule has 3 aromatic rings. The van der Waals surface area contributed by atoms with Crippen molar-refractivity contribution in [2.45, 2.75) is 6.92 Å². The van der Waals surface area contributed by atoms with Crippen LogP contribution in [0.4, 0.5) is 0 Å². The minimum absolute atomic E-state index is 0.637. The Kier molecular flexibility index (Phi) is 3.67. The smallest absolute Gasteiger partial charge is 0.169 e. The maximum Gasteiger partial charge on any atom is 0.169 e. The van der Waals surface area contributed by atoms with E-state index in [4.69, 9.17) is 14.7 Å². The minimum Gasteiger partial charge on any atom is -0.493 e. The molecule has 0 aromatic heterocycles. The summed E-state index contributed by atoms with van der Waals surface area (Å²) < 4.78 is 11.4. The minimum atomic E-state index is 0.637. The molecule has 22 heavy (non-hydrogen) atoms. The van der Waals surface area contributed by atoms with Crippen LogP contribution in [0.25, 0.3) is 10.8 Å². The second-order valence-corrected chi connectivity index (χ2v) is 5.06. The predicted molar refractivity (Wildman–Crippen MR) is 86.5 cm³/mol. The molecule has 0 heterocycles. The van der Waals surface area contributed by atoms with E-state index in [1.54, 1.807) is 13.2 Å². The summed E-state index contributed by atoms with van der Waals surface area (Å²) >= 11 is 0. The summed E-state index contributed by atoms with van der Waals surface area (Å²) in [5.41, 5.74) is 1.75. The number of ether oxygens (including phenoxy) is 2. The number of nitrogens with zero attached hydrogens (tertiary/aromatic N) is 1. The zero-order chi connectivity index (χ0) is 15.5. The normalized spacial score (nSPS) is 10.2. The first-order valence-corrected chi connectivity index (χ1v) is 6.96. The maximum atomic E-state index is 9.00. The van der Waals surface area contributed by atoms with Crippen LogP contribution in [0.5, 0.6) is 17.2 Å². The zero-order valence-corrected chi connectivity index (χ0v) is 12.5. The Morgan fingerprint density at radius 1 is 0.909 bits per heavy atom. The lowest BCUT2D eigenvalue weighted by Gasteiger charge is -2.13. The quantitative estimate of drug-likeness (QED) is 0.694. The van der Waals surface area contributed by atoms with Crippen LogP contribution in [-0.2, 0) is 0 Å². The van der Waals surface area contributed by atoms with Crippen molar-refractivity contribution in [3.05, 3.63) is 65.7 Å². The van der Waals surface area contributed by atoms with Gasteiger partial charge in [-0.3, -0.25) is 0 Å². The van der Waals surface area contributed by atoms with Gasteiger partial charge in [-0.15, -0.1) is 0 Å². The average Bonchev–Trinajstić information content (AvgIpc) is 2.56. The number of hydrogen-bond donors (Lipinski definition) is 0. The number of hydrogen-bond acceptors (Lipinski definition) is 3. The number of fused-ring (bicyclic) bond motifs is 1. The Hall–Kier alpha value is -2.99. The highest BCUT2D eigenvalue weighted by Crippen LogP contribution is 2.35. The van der Waals surface area contributed by atoms with E-state index in [2.05, 4.69) is 6.07 Å². The van der Waals surface area contributed by atoms with E-state index < -0.39 is 0 Å². The molecular weight excluding hydrogens is 274 g/mol. The maximum absolute atomic E-state index is 9.00. The van der Waals surface area contributed by atoms with Gasteiger partial charge in [-0.2, -0.15) is 5.26 Å². The van der Waals surface area contributed by atoms with E-state index in [-0.39, 0.29) is 0 Å². The molecule has 0 bridgehead atoms. The number of benzene rings is 3. The van der Waals surface area contributed by atoms with Gasteiger partial charge in [0.25, 0.3) is 0 Å². The van der Waals surface area contributed by atoms with Gasteiger partial charge in [-0.1, -0.05) is 18.2 Å². The molecule has 0 saturated carbocycles. The molecule has 0 aliphatic heterocycles. The fourth-order valence-corrected chi connectivity index (χ4v) is 2.39. The molecule has 0 radical (unpaired) electrons. The monoisotopic (exact) mass is 289 g/mol. The molecule has 0 unspecified atom stereocenters. The largest absolute Gasteiger partial charge is 0.493 e. The van der Waals surface area contributed by atoms with Crippen molar-refractivity contribution < 1.29 is 9.47 Å². The molecule has 3 heteroatoms. The number of methoxy groups -OCH3 is 1. The fourth-order valence-electron chi connectivity index (χ4n) is 2.39. The highest BCUT2D eigenvalue weighted by Gasteiger charge is 2.09. The van der Waals surface area contributed by atoms with Gasteiger partial charge >= 0.3 is 0 Å². The van der Waals surface area contributed by atoms with Crippen LogP contribution < -0.4 is 9.47 Å². The van der Waals surface area contributed by atoms with E-state index in [1.165, 1.54) is 0 Å². The third kappa shape index (κ3) is 2.59. The Bertz CT molecular complexity index is 878. The number of aryl methyl sites for hydroxylation is 1. The second-order valence-electron chi connectivity index (χ2n) is 5.06. The van der Waals surface area contributed by atoms with E-state index in [9.17, 15) is 0 Å². The Morgan fingerprint density at radius 3 is 2.55 bits per heavy atom. The molecule has 108 valence electrons. The van der Waals surface area contributed by atoms with Crippen LogP contribution in [0.2, 0.25) is 0 Å². The lowest BCUT2D eigenvalue weighted by atomic mass is 10.1. The molecule has 0 aliphatic rings. The summed E-state index contributed by atoms with van der Waals surface area (Å²) in [4.78, 5) is 0. The van der Waals surface area contributed by atoms with Crippen molar-refractivity contribution in [1.29, 1.82) is 5.26 Å². The summed E-state index contributed by atoms with van der Waals surface area (Å²) in [6.07, 6.45) is 0. The summed E-state index contributed by atoms with van der Waals surface area (Å²) in [6, 6.07) is 19.3. The van der Waals surface area contributed by atoms with Crippen LogP contribution >= 0.6 is 0 Å². The van der Waals surface area contributed by atoms with E-state index in [0.29, 0.717) is 17.1 Å². The summed E-state index contributed by atoms with van der Waals surface area (Å²) in [5.74, 6) is 2.11. The highest BCUT2D eigenvalue weighted by atomic mass is 16.5. The lowest BCUT2D eigenvalue weighted by Crippen LogP contribution is -1.92. The summed E-state index contributed by atoms with van der Waals surface area (Å²) in [7, 11) is 1.63. The third-order valence-corrected chi connectivity index (χ3v) is 3.51. The van der Waals surface area contributed by atoms with Gasteiger partial charge in [0.1, 0.15) is 5.75 Å². The molecular formula is C19H15NO2. The van der Waals surface area contributed by atoms with Gasteiger partial charge in [-0.25, -0.2) is 0 Å². The molecule has 0 aliphatic carbocycles. The molecule has 3 aromatic carbocycles. The standard InChI is InChI=1S/C19H15NO2/c1-13-6-9-18(19(10-13)21-2)22-17-5-3-4-15-11-14(12-20)7-8-16(15)17/h3-11H,1-2H3. The van der Waals surface area contributed by atoms with Crippen LogP contribution in [0, 0.1) is 18.3 Å². The molecule has 0 amide bonds. The first-order chi connectivity index (χ1) is 10.7. The molecule has 0 spiro atoms. The predicted octanol–water partition coefficient (Wildman–Crippen LogP) is 4.82. The summed E-state index contributed by atoms with van der Waals surface area (Å²) in [6.45, 7) is 2.01. The van der Waals surface area contributed by atoms with Gasteiger partial charge in [0.15, 0.2) is 11.5 Å². The topological polar surface area (TPSA) is 42.2 Å². The molecule has 3 nitrogen and oxygen atoms in total. The number of rotatable bonds is 3. The zero-order valence-electron chi connectivity index (χ0n) is 12.5. The van der Waals surface area contributed by atoms with Gasteiger partial charge in [0, 0.05) is 5.39 Å². The van der Waals surface area contributed by atoms with Crippen molar-refractivity contribution >= 4 is 10.8 Å². The molecule has 0 N–H and O–H groups in total. The fraction of sp³-hybridized carbons (Fsp3) is 0.105. The Labute approximate surface area is 129 Å². The van der Waals surface area contributed by atoms with Crippen molar-refractivity contribution in [1.82, 2.24) is 0 Å². The average molecular weight is 289 g/mol. The molecule has 3 rings (SSSR count). The van der Waals surface area contributed by atoms with Gasteiger partial charge in [0.2, 0.25) is 0 Å². The van der Waals surface area contributed by atoms with Crippen LogP contribution in [0.3, 0.4) is 0 Å².